The van der Waals surface area contributed by atoms with Gasteiger partial charge in [-0.15, -0.1) is 0 Å². The molecule has 1 N–H and O–H groups in total. The number of nitrogens with zero attached hydrogens (tertiary/aromatic N) is 2. The van der Waals surface area contributed by atoms with Crippen molar-refractivity contribution in [2.45, 2.75) is 6.92 Å². The lowest BCUT2D eigenvalue weighted by Crippen LogP contribution is -2.39. The average Bonchev–Trinajstić information content (AvgIpc) is 2.61. The molecule has 0 radical (unpaired) electrons. The van der Waals surface area contributed by atoms with Crippen molar-refractivity contribution in [1.82, 2.24) is 0 Å². The summed E-state index contributed by atoms with van der Waals surface area (Å²) in [4.78, 5) is 36.1. The third-order valence-corrected chi connectivity index (χ3v) is 4.00. The number of Topliss-reactive ketones (excluding diaryl/α,β-unsaturated/α-hetero) is 1. The number of hydrogen-bond acceptors (Lipinski definition) is 6. The van der Waals surface area contributed by atoms with Gasteiger partial charge >= 0.3 is 0 Å². The molecular formula is C18H17N3O5. The van der Waals surface area contributed by atoms with Crippen LogP contribution < -0.4 is 15.0 Å². The molecule has 8 nitrogen and oxygen atoms in total. The number of ketones is 1. The molecule has 0 saturated carbocycles. The van der Waals surface area contributed by atoms with E-state index >= 15 is 0 Å². The fourth-order valence-electron chi connectivity index (χ4n) is 2.73. The number of amides is 1. The maximum Gasteiger partial charge on any atom is 0.271 e. The Morgan fingerprint density at radius 2 is 2.08 bits per heavy atom. The summed E-state index contributed by atoms with van der Waals surface area (Å²) in [6, 6.07) is 10.9. The van der Waals surface area contributed by atoms with Crippen LogP contribution in [-0.2, 0) is 4.79 Å². The largest absolute Gasteiger partial charge is 0.490 e. The number of nitro groups is 1. The van der Waals surface area contributed by atoms with Crippen LogP contribution in [-0.4, -0.2) is 36.3 Å². The molecule has 1 aliphatic rings. The first-order valence-corrected chi connectivity index (χ1v) is 8.01. The minimum absolute atomic E-state index is 0.0421. The van der Waals surface area contributed by atoms with Crippen molar-refractivity contribution in [2.75, 3.05) is 29.9 Å². The zero-order chi connectivity index (χ0) is 18.7. The van der Waals surface area contributed by atoms with Gasteiger partial charge in [0.15, 0.2) is 5.78 Å². The monoisotopic (exact) mass is 355 g/mol. The van der Waals surface area contributed by atoms with E-state index in [1.165, 1.54) is 25.1 Å². The Hall–Kier alpha value is -3.42. The molecule has 0 unspecified atom stereocenters. The van der Waals surface area contributed by atoms with E-state index in [0.29, 0.717) is 35.8 Å². The van der Waals surface area contributed by atoms with Gasteiger partial charge in [0.25, 0.3) is 5.69 Å². The summed E-state index contributed by atoms with van der Waals surface area (Å²) in [5.74, 6) is 0.232. The first-order chi connectivity index (χ1) is 12.4. The van der Waals surface area contributed by atoms with Gasteiger partial charge < -0.3 is 15.0 Å². The van der Waals surface area contributed by atoms with E-state index in [-0.39, 0.29) is 23.9 Å². The summed E-state index contributed by atoms with van der Waals surface area (Å²) in [6.07, 6.45) is 0. The third kappa shape index (κ3) is 3.80. The number of nitro benzene ring substituents is 1. The van der Waals surface area contributed by atoms with Crippen molar-refractivity contribution < 1.29 is 19.2 Å². The third-order valence-electron chi connectivity index (χ3n) is 4.00. The highest BCUT2D eigenvalue weighted by Gasteiger charge is 2.21. The number of nitrogens with one attached hydrogen (secondary N) is 1. The van der Waals surface area contributed by atoms with Gasteiger partial charge in [0.2, 0.25) is 5.91 Å². The van der Waals surface area contributed by atoms with Crippen LogP contribution in [0, 0.1) is 10.1 Å². The van der Waals surface area contributed by atoms with Crippen molar-refractivity contribution in [3.05, 3.63) is 58.1 Å². The van der Waals surface area contributed by atoms with Gasteiger partial charge in [-0.3, -0.25) is 19.7 Å². The molecule has 0 saturated heterocycles. The number of carbonyl (C=O) groups excluding carboxylic acids is 2. The topological polar surface area (TPSA) is 102 Å². The maximum atomic E-state index is 12.4. The summed E-state index contributed by atoms with van der Waals surface area (Å²) in [5, 5.41) is 13.5. The average molecular weight is 355 g/mol. The lowest BCUT2D eigenvalue weighted by molar-refractivity contribution is -0.384. The van der Waals surface area contributed by atoms with Crippen molar-refractivity contribution >= 4 is 28.8 Å². The summed E-state index contributed by atoms with van der Waals surface area (Å²) in [7, 11) is 0. The van der Waals surface area contributed by atoms with Gasteiger partial charge in [0, 0.05) is 23.4 Å². The second-order valence-corrected chi connectivity index (χ2v) is 5.86. The molecular weight excluding hydrogens is 338 g/mol. The molecule has 2 aromatic carbocycles. The fraction of sp³-hybridized carbons (Fsp3) is 0.222. The summed E-state index contributed by atoms with van der Waals surface area (Å²) < 4.78 is 5.57. The van der Waals surface area contributed by atoms with Crippen molar-refractivity contribution in [3.63, 3.8) is 0 Å². The Morgan fingerprint density at radius 3 is 2.81 bits per heavy atom. The molecule has 0 spiro atoms. The Morgan fingerprint density at radius 1 is 1.27 bits per heavy atom. The van der Waals surface area contributed by atoms with Crippen LogP contribution in [0.2, 0.25) is 0 Å². The van der Waals surface area contributed by atoms with Gasteiger partial charge in [-0.1, -0.05) is 6.07 Å². The number of ether oxygens (including phenoxy) is 1. The number of benzene rings is 2. The number of anilines is 2. The van der Waals surface area contributed by atoms with Gasteiger partial charge in [-0.2, -0.15) is 0 Å². The highest BCUT2D eigenvalue weighted by atomic mass is 16.6. The van der Waals surface area contributed by atoms with Crippen LogP contribution in [0.4, 0.5) is 17.1 Å². The van der Waals surface area contributed by atoms with Gasteiger partial charge in [-0.25, -0.2) is 0 Å². The summed E-state index contributed by atoms with van der Waals surface area (Å²) >= 11 is 0. The predicted octanol–water partition coefficient (Wildman–Crippen LogP) is 2.63. The molecule has 3 rings (SSSR count). The molecule has 0 atom stereocenters. The zero-order valence-electron chi connectivity index (χ0n) is 14.1. The van der Waals surface area contributed by atoms with E-state index in [1.807, 2.05) is 4.90 Å². The van der Waals surface area contributed by atoms with Crippen molar-refractivity contribution in [3.8, 4) is 5.75 Å². The zero-order valence-corrected chi connectivity index (χ0v) is 14.1. The van der Waals surface area contributed by atoms with E-state index < -0.39 is 4.92 Å². The smallest absolute Gasteiger partial charge is 0.271 e. The van der Waals surface area contributed by atoms with Crippen molar-refractivity contribution in [1.29, 1.82) is 0 Å². The van der Waals surface area contributed by atoms with Gasteiger partial charge in [0.1, 0.15) is 12.4 Å². The first-order valence-electron chi connectivity index (χ1n) is 8.01. The quantitative estimate of drug-likeness (QED) is 0.502. The number of non-ortho nitro benzene ring substituents is 1. The number of fused-ring (bicyclic) bond motifs is 1. The van der Waals surface area contributed by atoms with Crippen LogP contribution in [0.3, 0.4) is 0 Å². The van der Waals surface area contributed by atoms with E-state index in [4.69, 9.17) is 4.74 Å². The lowest BCUT2D eigenvalue weighted by Gasteiger charge is -2.31. The standard InChI is InChI=1S/C18H17N3O5/c1-12(22)13-5-6-17-16(9-13)20(7-8-26-17)11-18(23)19-14-3-2-4-15(10-14)21(24)25/h2-6,9-10H,7-8,11H2,1H3,(H,19,23). The summed E-state index contributed by atoms with van der Waals surface area (Å²) in [6.45, 7) is 2.44. The molecule has 8 heteroatoms. The van der Waals surface area contributed by atoms with Gasteiger partial charge in [-0.05, 0) is 31.2 Å². The number of carbonyl (C=O) groups is 2. The van der Waals surface area contributed by atoms with E-state index in [1.54, 1.807) is 24.3 Å². The molecule has 2 aromatic rings. The van der Waals surface area contributed by atoms with E-state index in [9.17, 15) is 19.7 Å². The van der Waals surface area contributed by atoms with Crippen LogP contribution in [0.1, 0.15) is 17.3 Å². The first kappa shape index (κ1) is 17.4. The maximum absolute atomic E-state index is 12.4. The molecule has 0 aliphatic carbocycles. The molecule has 1 heterocycles. The molecule has 0 bridgehead atoms. The van der Waals surface area contributed by atoms with Crippen LogP contribution in [0.5, 0.6) is 5.75 Å². The Kier molecular flexibility index (Phi) is 4.83. The molecule has 0 aromatic heterocycles. The van der Waals surface area contributed by atoms with Crippen LogP contribution >= 0.6 is 0 Å². The highest BCUT2D eigenvalue weighted by molar-refractivity contribution is 5.97. The molecule has 26 heavy (non-hydrogen) atoms. The lowest BCUT2D eigenvalue weighted by atomic mass is 10.1. The highest BCUT2D eigenvalue weighted by Crippen LogP contribution is 2.32. The van der Waals surface area contributed by atoms with E-state index in [2.05, 4.69) is 5.32 Å². The normalized spacial score (nSPS) is 12.7. The second kappa shape index (κ2) is 7.22. The minimum Gasteiger partial charge on any atom is -0.490 e. The SMILES string of the molecule is CC(=O)c1ccc2c(c1)N(CC(=O)Nc1cccc([N+](=O)[O-])c1)CCO2. The van der Waals surface area contributed by atoms with Gasteiger partial charge in [0.05, 0.1) is 23.7 Å². The van der Waals surface area contributed by atoms with Crippen LogP contribution in [0.25, 0.3) is 0 Å². The minimum atomic E-state index is -0.517. The molecule has 1 amide bonds. The molecule has 134 valence electrons. The predicted molar refractivity (Wildman–Crippen MR) is 95.9 cm³/mol. The van der Waals surface area contributed by atoms with E-state index in [0.717, 1.165) is 0 Å². The Balaban J connectivity index is 1.75. The van der Waals surface area contributed by atoms with Crippen molar-refractivity contribution in [2.24, 2.45) is 0 Å². The fourth-order valence-corrected chi connectivity index (χ4v) is 2.73. The van der Waals surface area contributed by atoms with Crippen LogP contribution in [0.15, 0.2) is 42.5 Å². The Labute approximate surface area is 149 Å². The summed E-state index contributed by atoms with van der Waals surface area (Å²) in [5.41, 5.74) is 1.48. The number of rotatable bonds is 5. The Bertz CT molecular complexity index is 881. The molecule has 1 aliphatic heterocycles. The second-order valence-electron chi connectivity index (χ2n) is 5.86. The number of hydrogen-bond donors (Lipinski definition) is 1. The molecule has 0 fully saturated rings.